The molecule has 0 radical (unpaired) electrons. The summed E-state index contributed by atoms with van der Waals surface area (Å²) < 4.78 is 2.48. The molecule has 0 aliphatic heterocycles. The Morgan fingerprint density at radius 1 is 0.250 bits per heavy atom. The molecule has 0 saturated carbocycles. The van der Waals surface area contributed by atoms with Gasteiger partial charge in [0.25, 0.3) is 0 Å². The Labute approximate surface area is 372 Å². The lowest BCUT2D eigenvalue weighted by Gasteiger charge is -2.11. The van der Waals surface area contributed by atoms with Gasteiger partial charge >= 0.3 is 0 Å². The van der Waals surface area contributed by atoms with Gasteiger partial charge in [0.1, 0.15) is 0 Å². The summed E-state index contributed by atoms with van der Waals surface area (Å²) in [7, 11) is 0. The van der Waals surface area contributed by atoms with Crippen molar-refractivity contribution in [2.45, 2.75) is 6.42 Å². The van der Waals surface area contributed by atoms with Gasteiger partial charge in [-0.05, 0) is 142 Å². The molecule has 1 nitrogen and oxygen atoms in total. The van der Waals surface area contributed by atoms with Crippen molar-refractivity contribution in [2.24, 2.45) is 0 Å². The summed E-state index contributed by atoms with van der Waals surface area (Å²) in [6.45, 7) is 0. The van der Waals surface area contributed by atoms with Crippen LogP contribution in [-0.2, 0) is 6.42 Å². The van der Waals surface area contributed by atoms with Crippen LogP contribution in [-0.4, -0.2) is 4.57 Å². The molecule has 0 fully saturated rings. The lowest BCUT2D eigenvalue weighted by Crippen LogP contribution is -1.95. The van der Waals surface area contributed by atoms with E-state index >= 15 is 0 Å². The highest BCUT2D eigenvalue weighted by Gasteiger charge is 2.22. The van der Waals surface area contributed by atoms with E-state index in [2.05, 4.69) is 241 Å². The van der Waals surface area contributed by atoms with Crippen LogP contribution in [0.1, 0.15) is 11.1 Å². The molecule has 0 amide bonds. The highest BCUT2D eigenvalue weighted by Crippen LogP contribution is 2.43. The van der Waals surface area contributed by atoms with Crippen LogP contribution >= 0.6 is 0 Å². The number of rotatable bonds is 6. The van der Waals surface area contributed by atoms with E-state index < -0.39 is 0 Å². The number of hydrogen-bond donors (Lipinski definition) is 0. The van der Waals surface area contributed by atoms with E-state index in [0.29, 0.717) is 0 Å². The summed E-state index contributed by atoms with van der Waals surface area (Å²) in [4.78, 5) is 0. The standard InChI is InChI=1S/C63H41N/c1-2-10-41(11-3-1)48-28-32-58-51(36-48)37-52-38-53(31-33-59(52)58)64-62-34-29-49(42-20-24-46(25-21-42)56-18-8-14-44-12-4-6-16-54(44)56)39-60(62)61-40-50(30-35-63(61)64)43-22-26-47(27-23-43)57-19-9-15-45-13-5-7-17-55(45)57/h1-36,38-40H,37H2. The third-order valence-electron chi connectivity index (χ3n) is 13.6. The molecule has 0 bridgehead atoms. The van der Waals surface area contributed by atoms with Crippen LogP contribution in [0.25, 0.3) is 116 Å². The SMILES string of the molecule is c1ccc(-c2ccc3c(c2)Cc2cc(-n4c5ccc(-c6ccc(-c7cccc8ccccc78)cc6)cc5c5cc(-c6ccc(-c7cccc8ccccc78)cc6)ccc54)ccc2-3)cc1. The topological polar surface area (TPSA) is 4.93 Å². The first-order valence-corrected chi connectivity index (χ1v) is 22.3. The van der Waals surface area contributed by atoms with Gasteiger partial charge in [-0.2, -0.15) is 0 Å². The Balaban J connectivity index is 0.919. The lowest BCUT2D eigenvalue weighted by atomic mass is 9.95. The molecule has 1 heterocycles. The molecule has 1 heteroatoms. The highest BCUT2D eigenvalue weighted by atomic mass is 15.0. The molecule has 0 spiro atoms. The summed E-state index contributed by atoms with van der Waals surface area (Å²) in [5.41, 5.74) is 21.4. The maximum Gasteiger partial charge on any atom is 0.0541 e. The lowest BCUT2D eigenvalue weighted by molar-refractivity contribution is 1.16. The van der Waals surface area contributed by atoms with Gasteiger partial charge in [0.15, 0.2) is 0 Å². The third-order valence-corrected chi connectivity index (χ3v) is 13.6. The fourth-order valence-corrected chi connectivity index (χ4v) is 10.4. The molecular formula is C63H41N. The van der Waals surface area contributed by atoms with Crippen LogP contribution in [0, 0.1) is 0 Å². The fraction of sp³-hybridized carbons (Fsp3) is 0.0159. The zero-order valence-electron chi connectivity index (χ0n) is 35.2. The fourth-order valence-electron chi connectivity index (χ4n) is 10.4. The molecule has 13 rings (SSSR count). The molecular weight excluding hydrogens is 771 g/mol. The predicted octanol–water partition coefficient (Wildman–Crippen LogP) is 17.0. The number of nitrogens with zero attached hydrogens (tertiary/aromatic N) is 1. The monoisotopic (exact) mass is 811 g/mol. The van der Waals surface area contributed by atoms with E-state index in [4.69, 9.17) is 0 Å². The molecule has 12 aromatic rings. The van der Waals surface area contributed by atoms with Crippen LogP contribution in [0.4, 0.5) is 0 Å². The van der Waals surface area contributed by atoms with Crippen molar-refractivity contribution >= 4 is 43.4 Å². The minimum Gasteiger partial charge on any atom is -0.309 e. The van der Waals surface area contributed by atoms with Crippen molar-refractivity contribution < 1.29 is 0 Å². The van der Waals surface area contributed by atoms with Crippen molar-refractivity contribution in [2.75, 3.05) is 0 Å². The maximum absolute atomic E-state index is 2.48. The van der Waals surface area contributed by atoms with E-state index in [1.54, 1.807) is 0 Å². The molecule has 298 valence electrons. The Kier molecular flexibility index (Phi) is 8.35. The zero-order valence-corrected chi connectivity index (χ0v) is 35.2. The second-order valence-corrected chi connectivity index (χ2v) is 17.3. The molecule has 0 atom stereocenters. The summed E-state index contributed by atoms with van der Waals surface area (Å²) in [6.07, 6.45) is 0.925. The van der Waals surface area contributed by atoms with Crippen LogP contribution in [0.2, 0.25) is 0 Å². The first-order chi connectivity index (χ1) is 31.7. The normalized spacial score (nSPS) is 12.0. The summed E-state index contributed by atoms with van der Waals surface area (Å²) in [5.74, 6) is 0. The van der Waals surface area contributed by atoms with Crippen LogP contribution in [0.15, 0.2) is 237 Å². The molecule has 64 heavy (non-hydrogen) atoms. The molecule has 1 aliphatic carbocycles. The minimum absolute atomic E-state index is 0.925. The third kappa shape index (κ3) is 6.01. The van der Waals surface area contributed by atoms with Gasteiger partial charge in [-0.3, -0.25) is 0 Å². The highest BCUT2D eigenvalue weighted by molar-refractivity contribution is 6.12. The van der Waals surface area contributed by atoms with Crippen molar-refractivity contribution in [1.29, 1.82) is 0 Å². The number of fused-ring (bicyclic) bond motifs is 8. The van der Waals surface area contributed by atoms with Crippen LogP contribution in [0.3, 0.4) is 0 Å². The molecule has 0 N–H and O–H groups in total. The van der Waals surface area contributed by atoms with E-state index in [0.717, 1.165) is 6.42 Å². The number of aromatic nitrogens is 1. The second kappa shape index (κ2) is 14.7. The van der Waals surface area contributed by atoms with Crippen molar-refractivity contribution in [3.05, 3.63) is 248 Å². The Hall–Kier alpha value is -8.26. The van der Waals surface area contributed by atoms with Crippen molar-refractivity contribution in [3.63, 3.8) is 0 Å². The average Bonchev–Trinajstić information content (AvgIpc) is 3.90. The van der Waals surface area contributed by atoms with Gasteiger partial charge in [0, 0.05) is 16.5 Å². The molecule has 0 unspecified atom stereocenters. The molecule has 1 aromatic heterocycles. The van der Waals surface area contributed by atoms with E-state index in [-0.39, 0.29) is 0 Å². The van der Waals surface area contributed by atoms with Crippen LogP contribution < -0.4 is 0 Å². The predicted molar refractivity (Wildman–Crippen MR) is 271 cm³/mol. The molecule has 1 aliphatic rings. The van der Waals surface area contributed by atoms with Gasteiger partial charge in [-0.15, -0.1) is 0 Å². The smallest absolute Gasteiger partial charge is 0.0541 e. The largest absolute Gasteiger partial charge is 0.309 e. The molecule has 11 aromatic carbocycles. The summed E-state index contributed by atoms with van der Waals surface area (Å²) in [5, 5.41) is 7.57. The first kappa shape index (κ1) is 36.4. The quantitative estimate of drug-likeness (QED) is 0.158. The van der Waals surface area contributed by atoms with E-state index in [1.807, 2.05) is 0 Å². The zero-order chi connectivity index (χ0) is 42.1. The Morgan fingerprint density at radius 3 is 1.25 bits per heavy atom. The van der Waals surface area contributed by atoms with Gasteiger partial charge in [-0.1, -0.05) is 200 Å². The minimum atomic E-state index is 0.925. The van der Waals surface area contributed by atoms with Crippen molar-refractivity contribution in [1.82, 2.24) is 4.57 Å². The first-order valence-electron chi connectivity index (χ1n) is 22.3. The average molecular weight is 812 g/mol. The number of hydrogen-bond acceptors (Lipinski definition) is 0. The van der Waals surface area contributed by atoms with Gasteiger partial charge < -0.3 is 4.57 Å². The van der Waals surface area contributed by atoms with Crippen molar-refractivity contribution in [3.8, 4) is 72.4 Å². The van der Waals surface area contributed by atoms with Crippen LogP contribution in [0.5, 0.6) is 0 Å². The Bertz CT molecular complexity index is 3590. The summed E-state index contributed by atoms with van der Waals surface area (Å²) in [6, 6.07) is 87.5. The maximum atomic E-state index is 2.48. The summed E-state index contributed by atoms with van der Waals surface area (Å²) >= 11 is 0. The van der Waals surface area contributed by atoms with E-state index in [9.17, 15) is 0 Å². The van der Waals surface area contributed by atoms with E-state index in [1.165, 1.54) is 127 Å². The Morgan fingerprint density at radius 2 is 0.672 bits per heavy atom. The van der Waals surface area contributed by atoms with Gasteiger partial charge in [0.05, 0.1) is 11.0 Å². The second-order valence-electron chi connectivity index (χ2n) is 17.3. The number of benzene rings is 11. The molecule has 0 saturated heterocycles. The van der Waals surface area contributed by atoms with Gasteiger partial charge in [0.2, 0.25) is 0 Å². The van der Waals surface area contributed by atoms with Gasteiger partial charge in [-0.25, -0.2) is 0 Å².